The van der Waals surface area contributed by atoms with E-state index < -0.39 is 0 Å². The van der Waals surface area contributed by atoms with Gasteiger partial charge in [-0.15, -0.1) is 0 Å². The lowest BCUT2D eigenvalue weighted by molar-refractivity contribution is 0.824. The number of hydrogen-bond acceptors (Lipinski definition) is 1. The van der Waals surface area contributed by atoms with E-state index in [9.17, 15) is 0 Å². The minimum absolute atomic E-state index is 0.125. The van der Waals surface area contributed by atoms with E-state index in [0.29, 0.717) is 5.02 Å². The highest BCUT2D eigenvalue weighted by Gasteiger charge is 2.26. The van der Waals surface area contributed by atoms with E-state index in [2.05, 4.69) is 12.2 Å². The SMILES string of the molecule is Cc1ccc(Cl)c2c1NC(c1cc(Cl)ccc1Cl)C2. The maximum Gasteiger partial charge on any atom is 0.0570 e. The van der Waals surface area contributed by atoms with Gasteiger partial charge in [0.25, 0.3) is 0 Å². The van der Waals surface area contributed by atoms with Crippen LogP contribution < -0.4 is 5.32 Å². The Bertz CT molecular complexity index is 621. The summed E-state index contributed by atoms with van der Waals surface area (Å²) in [4.78, 5) is 0. The van der Waals surface area contributed by atoms with Gasteiger partial charge in [0.2, 0.25) is 0 Å². The van der Waals surface area contributed by atoms with Crippen molar-refractivity contribution in [2.24, 2.45) is 0 Å². The van der Waals surface area contributed by atoms with Gasteiger partial charge in [-0.3, -0.25) is 0 Å². The fourth-order valence-electron chi connectivity index (χ4n) is 2.54. The number of hydrogen-bond donors (Lipinski definition) is 1. The van der Waals surface area contributed by atoms with Gasteiger partial charge in [0.15, 0.2) is 0 Å². The Morgan fingerprint density at radius 2 is 1.79 bits per heavy atom. The summed E-state index contributed by atoms with van der Waals surface area (Å²) < 4.78 is 0. The Kier molecular flexibility index (Phi) is 3.38. The molecule has 0 radical (unpaired) electrons. The van der Waals surface area contributed by atoms with Gasteiger partial charge in [0, 0.05) is 27.2 Å². The van der Waals surface area contributed by atoms with E-state index in [0.717, 1.165) is 33.3 Å². The molecule has 2 aromatic rings. The van der Waals surface area contributed by atoms with E-state index >= 15 is 0 Å². The van der Waals surface area contributed by atoms with Crippen molar-refractivity contribution in [3.05, 3.63) is 62.1 Å². The number of aryl methyl sites for hydroxylation is 1. The second kappa shape index (κ2) is 4.90. The average Bonchev–Trinajstić information content (AvgIpc) is 2.83. The van der Waals surface area contributed by atoms with Crippen LogP contribution in [-0.2, 0) is 6.42 Å². The van der Waals surface area contributed by atoms with Gasteiger partial charge in [-0.25, -0.2) is 0 Å². The standard InChI is InChI=1S/C15H12Cl3N/c1-8-2-4-13(18)11-7-14(19-15(8)11)10-6-9(16)3-5-12(10)17/h2-6,14,19H,7H2,1H3. The van der Waals surface area contributed by atoms with Crippen molar-refractivity contribution < 1.29 is 0 Å². The molecule has 0 aromatic heterocycles. The molecule has 1 N–H and O–H groups in total. The topological polar surface area (TPSA) is 12.0 Å². The molecule has 98 valence electrons. The van der Waals surface area contributed by atoms with Crippen molar-refractivity contribution in [2.75, 3.05) is 5.32 Å². The van der Waals surface area contributed by atoms with Crippen LogP contribution in [0, 0.1) is 6.92 Å². The molecule has 19 heavy (non-hydrogen) atoms. The lowest BCUT2D eigenvalue weighted by Gasteiger charge is -2.14. The maximum absolute atomic E-state index is 6.27. The second-order valence-electron chi connectivity index (χ2n) is 4.78. The van der Waals surface area contributed by atoms with Gasteiger partial charge in [-0.1, -0.05) is 40.9 Å². The predicted molar refractivity (Wildman–Crippen MR) is 82.7 cm³/mol. The van der Waals surface area contributed by atoms with Crippen molar-refractivity contribution in [3.63, 3.8) is 0 Å². The van der Waals surface area contributed by atoms with Crippen molar-refractivity contribution in [2.45, 2.75) is 19.4 Å². The summed E-state index contributed by atoms with van der Waals surface area (Å²) in [5, 5.41) is 5.72. The number of rotatable bonds is 1. The number of benzene rings is 2. The van der Waals surface area contributed by atoms with Crippen LogP contribution in [0.2, 0.25) is 15.1 Å². The van der Waals surface area contributed by atoms with Crippen LogP contribution in [0.4, 0.5) is 5.69 Å². The van der Waals surface area contributed by atoms with Crippen molar-refractivity contribution >= 4 is 40.5 Å². The summed E-state index contributed by atoms with van der Waals surface area (Å²) in [6.07, 6.45) is 0.829. The molecule has 0 amide bonds. The van der Waals surface area contributed by atoms with Crippen LogP contribution in [0.25, 0.3) is 0 Å². The molecule has 1 nitrogen and oxygen atoms in total. The smallest absolute Gasteiger partial charge is 0.0570 e. The largest absolute Gasteiger partial charge is 0.377 e. The summed E-state index contributed by atoms with van der Waals surface area (Å²) in [6.45, 7) is 2.07. The highest BCUT2D eigenvalue weighted by atomic mass is 35.5. The Balaban J connectivity index is 2.02. The van der Waals surface area contributed by atoms with Gasteiger partial charge < -0.3 is 5.32 Å². The Labute approximate surface area is 127 Å². The lowest BCUT2D eigenvalue weighted by Crippen LogP contribution is -2.06. The first kappa shape index (κ1) is 13.1. The van der Waals surface area contributed by atoms with Gasteiger partial charge >= 0.3 is 0 Å². The molecule has 0 saturated heterocycles. The lowest BCUT2D eigenvalue weighted by atomic mass is 10.0. The summed E-state index contributed by atoms with van der Waals surface area (Å²) in [6, 6.07) is 9.64. The summed E-state index contributed by atoms with van der Waals surface area (Å²) in [5.41, 5.74) is 4.48. The average molecular weight is 313 g/mol. The monoisotopic (exact) mass is 311 g/mol. The van der Waals surface area contributed by atoms with Crippen LogP contribution in [0.15, 0.2) is 30.3 Å². The van der Waals surface area contributed by atoms with Crippen LogP contribution in [0.1, 0.15) is 22.7 Å². The molecule has 1 atom stereocenters. The van der Waals surface area contributed by atoms with Gasteiger partial charge in [-0.05, 0) is 47.9 Å². The molecule has 0 fully saturated rings. The van der Waals surface area contributed by atoms with E-state index in [1.807, 2.05) is 24.3 Å². The number of nitrogens with one attached hydrogen (secondary N) is 1. The predicted octanol–water partition coefficient (Wildman–Crippen LogP) is 5.66. The fraction of sp³-hybridized carbons (Fsp3) is 0.200. The minimum Gasteiger partial charge on any atom is -0.377 e. The van der Waals surface area contributed by atoms with Crippen molar-refractivity contribution in [1.29, 1.82) is 0 Å². The summed E-state index contributed by atoms with van der Waals surface area (Å²) in [5.74, 6) is 0. The van der Waals surface area contributed by atoms with Crippen LogP contribution >= 0.6 is 34.8 Å². The number of fused-ring (bicyclic) bond motifs is 1. The van der Waals surface area contributed by atoms with Gasteiger partial charge in [-0.2, -0.15) is 0 Å². The molecule has 1 aliphatic heterocycles. The second-order valence-corrected chi connectivity index (χ2v) is 6.04. The third kappa shape index (κ3) is 2.31. The molecule has 0 spiro atoms. The first-order valence-corrected chi connectivity index (χ1v) is 7.19. The van der Waals surface area contributed by atoms with Crippen LogP contribution in [0.5, 0.6) is 0 Å². The first-order chi connectivity index (χ1) is 9.06. The third-order valence-corrected chi connectivity index (χ3v) is 4.46. The summed E-state index contributed by atoms with van der Waals surface area (Å²) >= 11 is 18.6. The molecule has 0 aliphatic carbocycles. The zero-order chi connectivity index (χ0) is 13.6. The van der Waals surface area contributed by atoms with Gasteiger partial charge in [0.1, 0.15) is 0 Å². The minimum atomic E-state index is 0.125. The number of anilines is 1. The maximum atomic E-state index is 6.27. The molecule has 0 bridgehead atoms. The zero-order valence-corrected chi connectivity index (χ0v) is 12.6. The first-order valence-electron chi connectivity index (χ1n) is 6.05. The van der Waals surface area contributed by atoms with Crippen LogP contribution in [-0.4, -0.2) is 0 Å². The molecule has 1 heterocycles. The zero-order valence-electron chi connectivity index (χ0n) is 10.3. The molecule has 2 aromatic carbocycles. The fourth-order valence-corrected chi connectivity index (χ4v) is 3.20. The highest BCUT2D eigenvalue weighted by molar-refractivity contribution is 6.33. The Morgan fingerprint density at radius 1 is 1.05 bits per heavy atom. The molecular formula is C15H12Cl3N. The highest BCUT2D eigenvalue weighted by Crippen LogP contribution is 2.42. The van der Waals surface area contributed by atoms with Crippen molar-refractivity contribution in [3.8, 4) is 0 Å². The third-order valence-electron chi connectivity index (χ3n) is 3.52. The molecule has 1 unspecified atom stereocenters. The molecule has 3 rings (SSSR count). The molecule has 0 saturated carbocycles. The van der Waals surface area contributed by atoms with Crippen molar-refractivity contribution in [1.82, 2.24) is 0 Å². The number of halogens is 3. The Hall–Kier alpha value is -0.890. The molecule has 1 aliphatic rings. The molecule has 4 heteroatoms. The quantitative estimate of drug-likeness (QED) is 0.716. The van der Waals surface area contributed by atoms with Gasteiger partial charge in [0.05, 0.1) is 6.04 Å². The summed E-state index contributed by atoms with van der Waals surface area (Å²) in [7, 11) is 0. The van der Waals surface area contributed by atoms with E-state index in [4.69, 9.17) is 34.8 Å². The van der Waals surface area contributed by atoms with Crippen LogP contribution in [0.3, 0.4) is 0 Å². The Morgan fingerprint density at radius 3 is 2.53 bits per heavy atom. The van der Waals surface area contributed by atoms with E-state index in [1.54, 1.807) is 6.07 Å². The molecular weight excluding hydrogens is 301 g/mol. The normalized spacial score (nSPS) is 17.2. The van der Waals surface area contributed by atoms with E-state index in [1.165, 1.54) is 5.56 Å². The van der Waals surface area contributed by atoms with E-state index in [-0.39, 0.29) is 6.04 Å².